The first-order valence-electron chi connectivity index (χ1n) is 8.88. The van der Waals surface area contributed by atoms with Crippen LogP contribution in [0.1, 0.15) is 24.8 Å². The average molecular weight is 337 g/mol. The first-order valence-corrected chi connectivity index (χ1v) is 8.88. The molecule has 2 aliphatic heterocycles. The van der Waals surface area contributed by atoms with Crippen molar-refractivity contribution >= 4 is 0 Å². The molecule has 2 heterocycles. The van der Waals surface area contributed by atoms with Crippen molar-refractivity contribution in [1.29, 1.82) is 0 Å². The molecule has 0 amide bonds. The summed E-state index contributed by atoms with van der Waals surface area (Å²) in [7, 11) is 1.73. The molecule has 0 aliphatic carbocycles. The predicted molar refractivity (Wildman–Crippen MR) is 90.5 cm³/mol. The Morgan fingerprint density at radius 2 is 2.08 bits per heavy atom. The van der Waals surface area contributed by atoms with Crippen molar-refractivity contribution in [3.63, 3.8) is 0 Å². The van der Waals surface area contributed by atoms with Crippen LogP contribution in [0.5, 0.6) is 0 Å². The molecule has 2 atom stereocenters. The fourth-order valence-corrected chi connectivity index (χ4v) is 3.95. The van der Waals surface area contributed by atoms with Gasteiger partial charge in [-0.3, -0.25) is 4.90 Å². The Kier molecular flexibility index (Phi) is 5.87. The largest absolute Gasteiger partial charge is 0.388 e. The van der Waals surface area contributed by atoms with Crippen LogP contribution in [0.2, 0.25) is 0 Å². The van der Waals surface area contributed by atoms with Crippen molar-refractivity contribution in [1.82, 2.24) is 4.90 Å². The van der Waals surface area contributed by atoms with Crippen molar-refractivity contribution in [3.8, 4) is 0 Å². The number of rotatable bonds is 5. The second kappa shape index (κ2) is 7.91. The fourth-order valence-electron chi connectivity index (χ4n) is 3.95. The number of methoxy groups -OCH3 is 1. The topological polar surface area (TPSA) is 41.9 Å². The molecule has 0 bridgehead atoms. The van der Waals surface area contributed by atoms with E-state index in [0.29, 0.717) is 44.9 Å². The van der Waals surface area contributed by atoms with E-state index < -0.39 is 5.60 Å². The first-order chi connectivity index (χ1) is 11.6. The van der Waals surface area contributed by atoms with E-state index >= 15 is 0 Å². The van der Waals surface area contributed by atoms with Gasteiger partial charge in [-0.2, -0.15) is 0 Å². The van der Waals surface area contributed by atoms with Gasteiger partial charge < -0.3 is 14.6 Å². The minimum Gasteiger partial charge on any atom is -0.388 e. The number of benzene rings is 1. The van der Waals surface area contributed by atoms with Crippen molar-refractivity contribution in [2.24, 2.45) is 5.92 Å². The lowest BCUT2D eigenvalue weighted by atomic mass is 9.86. The summed E-state index contributed by atoms with van der Waals surface area (Å²) in [6.45, 7) is 3.64. The van der Waals surface area contributed by atoms with Crippen LogP contribution < -0.4 is 0 Å². The number of hydrogen-bond donors (Lipinski definition) is 1. The molecule has 0 spiro atoms. The summed E-state index contributed by atoms with van der Waals surface area (Å²) >= 11 is 0. The Morgan fingerprint density at radius 3 is 2.79 bits per heavy atom. The van der Waals surface area contributed by atoms with Crippen LogP contribution in [-0.4, -0.2) is 61.7 Å². The monoisotopic (exact) mass is 337 g/mol. The van der Waals surface area contributed by atoms with Crippen LogP contribution in [0.4, 0.5) is 4.39 Å². The highest BCUT2D eigenvalue weighted by atomic mass is 19.1. The SMILES string of the molecule is CO[C@@H]1CN(CC2(O)CCOCC2)CC[C@@H]1Cc1ccccc1F. The highest BCUT2D eigenvalue weighted by molar-refractivity contribution is 5.18. The van der Waals surface area contributed by atoms with E-state index in [9.17, 15) is 9.50 Å². The van der Waals surface area contributed by atoms with Crippen molar-refractivity contribution in [2.45, 2.75) is 37.4 Å². The van der Waals surface area contributed by atoms with Gasteiger partial charge in [-0.15, -0.1) is 0 Å². The lowest BCUT2D eigenvalue weighted by Gasteiger charge is -2.42. The standard InChI is InChI=1S/C19H28FNO3/c1-23-18-13-21(14-19(22)7-10-24-11-8-19)9-6-16(18)12-15-4-2-3-5-17(15)20/h2-5,16,18,22H,6-14H2,1H3/t16-,18-/m1/s1. The minimum absolute atomic E-state index is 0.0711. The molecule has 0 aromatic heterocycles. The average Bonchev–Trinajstić information content (AvgIpc) is 2.58. The van der Waals surface area contributed by atoms with Gasteiger partial charge in [0, 0.05) is 46.3 Å². The molecule has 0 unspecified atom stereocenters. The van der Waals surface area contributed by atoms with E-state index in [1.54, 1.807) is 13.2 Å². The molecule has 1 aromatic carbocycles. The molecule has 134 valence electrons. The smallest absolute Gasteiger partial charge is 0.126 e. The number of likely N-dealkylation sites (tertiary alicyclic amines) is 1. The number of ether oxygens (including phenoxy) is 2. The second-order valence-corrected chi connectivity index (χ2v) is 7.19. The molecular formula is C19H28FNO3. The number of nitrogens with zero attached hydrogens (tertiary/aromatic N) is 1. The number of aliphatic hydroxyl groups is 1. The third-order valence-electron chi connectivity index (χ3n) is 5.46. The van der Waals surface area contributed by atoms with E-state index in [0.717, 1.165) is 25.1 Å². The van der Waals surface area contributed by atoms with Crippen LogP contribution in [0.25, 0.3) is 0 Å². The van der Waals surface area contributed by atoms with Gasteiger partial charge in [0.1, 0.15) is 5.82 Å². The third-order valence-corrected chi connectivity index (χ3v) is 5.46. The van der Waals surface area contributed by atoms with Gasteiger partial charge >= 0.3 is 0 Å². The Bertz CT molecular complexity index is 533. The Hall–Kier alpha value is -1.01. The van der Waals surface area contributed by atoms with Gasteiger partial charge in [0.25, 0.3) is 0 Å². The van der Waals surface area contributed by atoms with E-state index in [1.165, 1.54) is 6.07 Å². The van der Waals surface area contributed by atoms with E-state index in [-0.39, 0.29) is 11.9 Å². The maximum absolute atomic E-state index is 13.9. The summed E-state index contributed by atoms with van der Waals surface area (Å²) in [5.41, 5.74) is 0.121. The third kappa shape index (κ3) is 4.33. The zero-order chi connectivity index (χ0) is 17.0. The molecule has 2 aliphatic rings. The molecule has 0 radical (unpaired) electrons. The van der Waals surface area contributed by atoms with Crippen molar-refractivity contribution in [3.05, 3.63) is 35.6 Å². The summed E-state index contributed by atoms with van der Waals surface area (Å²) in [5.74, 6) is 0.179. The Balaban J connectivity index is 1.58. The molecule has 4 nitrogen and oxygen atoms in total. The highest BCUT2D eigenvalue weighted by Crippen LogP contribution is 2.28. The number of halogens is 1. The van der Waals surface area contributed by atoms with E-state index in [1.807, 2.05) is 12.1 Å². The molecule has 0 saturated carbocycles. The summed E-state index contributed by atoms with van der Waals surface area (Å²) in [6.07, 6.45) is 3.12. The Labute approximate surface area is 143 Å². The van der Waals surface area contributed by atoms with Crippen molar-refractivity contribution < 1.29 is 19.0 Å². The number of piperidine rings is 1. The van der Waals surface area contributed by atoms with Gasteiger partial charge in [0.05, 0.1) is 11.7 Å². The van der Waals surface area contributed by atoms with Crippen molar-refractivity contribution in [2.75, 3.05) is 40.0 Å². The zero-order valence-corrected chi connectivity index (χ0v) is 14.4. The second-order valence-electron chi connectivity index (χ2n) is 7.19. The summed E-state index contributed by atoms with van der Waals surface area (Å²) in [4.78, 5) is 2.29. The predicted octanol–water partition coefficient (Wildman–Crippen LogP) is 2.25. The van der Waals surface area contributed by atoms with Gasteiger partial charge in [-0.05, 0) is 36.9 Å². The molecule has 3 rings (SSSR count). The van der Waals surface area contributed by atoms with Crippen LogP contribution in [0.15, 0.2) is 24.3 Å². The molecule has 24 heavy (non-hydrogen) atoms. The zero-order valence-electron chi connectivity index (χ0n) is 14.4. The number of hydrogen-bond acceptors (Lipinski definition) is 4. The van der Waals surface area contributed by atoms with Gasteiger partial charge in [0.15, 0.2) is 0 Å². The number of β-amino-alcohol motifs (C(OH)–C–C–N with tert-alkyl or cyclic N) is 1. The molecule has 5 heteroatoms. The van der Waals surface area contributed by atoms with Crippen LogP contribution >= 0.6 is 0 Å². The molecule has 2 fully saturated rings. The minimum atomic E-state index is -0.644. The lowest BCUT2D eigenvalue weighted by molar-refractivity contribution is -0.0954. The van der Waals surface area contributed by atoms with Crippen LogP contribution in [-0.2, 0) is 15.9 Å². The summed E-state index contributed by atoms with van der Waals surface area (Å²) in [5, 5.41) is 10.7. The normalized spacial score (nSPS) is 28.0. The quantitative estimate of drug-likeness (QED) is 0.895. The molecule has 2 saturated heterocycles. The Morgan fingerprint density at radius 1 is 1.33 bits per heavy atom. The fraction of sp³-hybridized carbons (Fsp3) is 0.684. The van der Waals surface area contributed by atoms with Gasteiger partial charge in [0.2, 0.25) is 0 Å². The van der Waals surface area contributed by atoms with E-state index in [2.05, 4.69) is 4.90 Å². The van der Waals surface area contributed by atoms with E-state index in [4.69, 9.17) is 9.47 Å². The maximum Gasteiger partial charge on any atom is 0.126 e. The lowest BCUT2D eigenvalue weighted by Crippen LogP contribution is -2.53. The molecule has 1 aromatic rings. The van der Waals surface area contributed by atoms with Crippen LogP contribution in [0.3, 0.4) is 0 Å². The molecular weight excluding hydrogens is 309 g/mol. The maximum atomic E-state index is 13.9. The summed E-state index contributed by atoms with van der Waals surface area (Å²) in [6, 6.07) is 6.99. The highest BCUT2D eigenvalue weighted by Gasteiger charge is 2.36. The molecule has 1 N–H and O–H groups in total. The van der Waals surface area contributed by atoms with Crippen LogP contribution in [0, 0.1) is 11.7 Å². The summed E-state index contributed by atoms with van der Waals surface area (Å²) < 4.78 is 25.0. The first kappa shape index (κ1) is 17.8. The van der Waals surface area contributed by atoms with Gasteiger partial charge in [-0.1, -0.05) is 18.2 Å². The van der Waals surface area contributed by atoms with Gasteiger partial charge in [-0.25, -0.2) is 4.39 Å².